The van der Waals surface area contributed by atoms with E-state index in [9.17, 15) is 18.9 Å². The zero-order valence-corrected chi connectivity index (χ0v) is 39.7. The first kappa shape index (κ1) is 56.1. The predicted octanol–water partition coefficient (Wildman–Crippen LogP) is 10.2. The molecular formula is C46H84N2O11P2-2. The van der Waals surface area contributed by atoms with Gasteiger partial charge in [0.25, 0.3) is 15.6 Å². The van der Waals surface area contributed by atoms with Crippen LogP contribution in [-0.2, 0) is 41.4 Å². The fourth-order valence-corrected chi connectivity index (χ4v) is 9.02. The molecule has 2 saturated heterocycles. The number of allylic oxidation sites excluding steroid dienone is 8. The van der Waals surface area contributed by atoms with Crippen LogP contribution in [0.5, 0.6) is 0 Å². The Bertz CT molecular complexity index is 1250. The van der Waals surface area contributed by atoms with E-state index in [1.54, 1.807) is 0 Å². The summed E-state index contributed by atoms with van der Waals surface area (Å²) in [6.45, 7) is 3.20. The molecule has 2 aliphatic heterocycles. The quantitative estimate of drug-likeness (QED) is 0.0334. The molecule has 7 atom stereocenters. The van der Waals surface area contributed by atoms with Crippen LogP contribution in [0.2, 0.25) is 0 Å². The van der Waals surface area contributed by atoms with Crippen molar-refractivity contribution in [2.75, 3.05) is 39.5 Å². The maximum atomic E-state index is 12.4. The molecule has 0 saturated carbocycles. The van der Waals surface area contributed by atoms with Crippen LogP contribution >= 0.6 is 15.6 Å². The lowest BCUT2D eigenvalue weighted by Crippen LogP contribution is -2.37. The predicted molar refractivity (Wildman–Crippen MR) is 242 cm³/mol. The molecule has 13 nitrogen and oxygen atoms in total. The maximum Gasteiger partial charge on any atom is 0.268 e. The summed E-state index contributed by atoms with van der Waals surface area (Å²) in [4.78, 5) is 24.8. The van der Waals surface area contributed by atoms with Crippen molar-refractivity contribution in [2.45, 2.75) is 205 Å². The van der Waals surface area contributed by atoms with Gasteiger partial charge in [-0.3, -0.25) is 9.13 Å². The van der Waals surface area contributed by atoms with Crippen LogP contribution in [0.1, 0.15) is 174 Å². The summed E-state index contributed by atoms with van der Waals surface area (Å²) in [5, 5.41) is 0. The van der Waals surface area contributed by atoms with Gasteiger partial charge in [-0.1, -0.05) is 140 Å². The molecule has 356 valence electrons. The Morgan fingerprint density at radius 2 is 0.869 bits per heavy atom. The van der Waals surface area contributed by atoms with Gasteiger partial charge in [0.05, 0.1) is 26.4 Å². The Labute approximate surface area is 370 Å². The summed E-state index contributed by atoms with van der Waals surface area (Å²) >= 11 is 0. The number of phosphoric acid groups is 2. The first-order valence-electron chi connectivity index (χ1n) is 23.8. The van der Waals surface area contributed by atoms with Gasteiger partial charge in [0.1, 0.15) is 24.4 Å². The molecule has 2 rings (SSSR count). The van der Waals surface area contributed by atoms with Crippen molar-refractivity contribution in [1.82, 2.24) is 0 Å². The van der Waals surface area contributed by atoms with Crippen LogP contribution in [0.3, 0.4) is 0 Å². The summed E-state index contributed by atoms with van der Waals surface area (Å²) in [6.07, 6.45) is 42.3. The molecule has 2 fully saturated rings. The third-order valence-corrected chi connectivity index (χ3v) is 12.8. The van der Waals surface area contributed by atoms with Crippen molar-refractivity contribution < 1.29 is 51.2 Å². The third-order valence-electron chi connectivity index (χ3n) is 10.9. The van der Waals surface area contributed by atoms with Gasteiger partial charge < -0.3 is 53.6 Å². The molecule has 0 aromatic rings. The monoisotopic (exact) mass is 903 g/mol. The van der Waals surface area contributed by atoms with Gasteiger partial charge in [-0.15, -0.1) is 0 Å². The minimum absolute atomic E-state index is 0.00391. The highest BCUT2D eigenvalue weighted by atomic mass is 31.2. The first-order valence-corrected chi connectivity index (χ1v) is 26.7. The number of hydrogen-bond acceptors (Lipinski definition) is 13. The number of unbranched alkanes of at least 4 members (excludes halogenated alkanes) is 17. The number of nitrogens with two attached hydrogens (primary N) is 2. The fourth-order valence-electron chi connectivity index (χ4n) is 7.55. The minimum Gasteiger partial charge on any atom is -0.756 e. The van der Waals surface area contributed by atoms with E-state index in [-0.39, 0.29) is 26.3 Å². The Morgan fingerprint density at radius 1 is 0.508 bits per heavy atom. The zero-order valence-electron chi connectivity index (χ0n) is 37.9. The standard InChI is InChI=1S/C46H86N2O11P2/c1-3-5-7-9-11-13-15-17-19-21-23-25-27-29-31-33-35-46(34-32-30-28-26-24-22-20-18-16-14-12-10-8-6-4-2)58-44-42(40-55-60(49,50)53-38-36-47)57-43(45(44)59-46)41-56-61(51,52)54-39-37-48/h10-13,16-19,42-45H,3-9,14-15,20-41,47-48H2,1-2H3,(H,49,50)(H,51,52)/p-2/b12-10-,13-11-,18-16-,19-17-/t42-,43+,44-,45-,46?/m1/s1. The van der Waals surface area contributed by atoms with Crippen LogP contribution in [0.15, 0.2) is 48.6 Å². The average molecular weight is 903 g/mol. The molecule has 0 aliphatic carbocycles. The molecule has 0 bridgehead atoms. The lowest BCUT2D eigenvalue weighted by atomic mass is 9.98. The highest BCUT2D eigenvalue weighted by Crippen LogP contribution is 2.47. The van der Waals surface area contributed by atoms with Gasteiger partial charge >= 0.3 is 0 Å². The molecule has 0 aromatic carbocycles. The van der Waals surface area contributed by atoms with E-state index in [0.29, 0.717) is 12.8 Å². The first-order chi connectivity index (χ1) is 29.6. The second-order valence-electron chi connectivity index (χ2n) is 16.3. The summed E-state index contributed by atoms with van der Waals surface area (Å²) in [5.41, 5.74) is 10.8. The van der Waals surface area contributed by atoms with Crippen molar-refractivity contribution in [1.29, 1.82) is 0 Å². The lowest BCUT2D eigenvalue weighted by Gasteiger charge is -2.32. The molecule has 0 spiro atoms. The number of phosphoric ester groups is 2. The van der Waals surface area contributed by atoms with Crippen LogP contribution < -0.4 is 21.3 Å². The summed E-state index contributed by atoms with van der Waals surface area (Å²) in [6, 6.07) is 0. The van der Waals surface area contributed by atoms with Gasteiger partial charge in [-0.2, -0.15) is 0 Å². The Kier molecular flexibility index (Phi) is 32.4. The normalized spacial score (nSPS) is 23.9. The topological polar surface area (TPSA) is 197 Å². The van der Waals surface area contributed by atoms with Gasteiger partial charge in [-0.25, -0.2) is 0 Å². The summed E-state index contributed by atoms with van der Waals surface area (Å²) < 4.78 is 64.4. The Morgan fingerprint density at radius 3 is 1.26 bits per heavy atom. The fraction of sp³-hybridized carbons (Fsp3) is 0.826. The van der Waals surface area contributed by atoms with E-state index in [1.807, 2.05) is 0 Å². The number of hydrogen-bond donors (Lipinski definition) is 2. The van der Waals surface area contributed by atoms with Crippen molar-refractivity contribution in [3.8, 4) is 0 Å². The van der Waals surface area contributed by atoms with Crippen molar-refractivity contribution >= 4 is 15.6 Å². The summed E-state index contributed by atoms with van der Waals surface area (Å²) in [7, 11) is -9.35. The Hall–Kier alpha value is -1.02. The van der Waals surface area contributed by atoms with Crippen LogP contribution in [0.4, 0.5) is 0 Å². The molecule has 0 radical (unpaired) electrons. The van der Waals surface area contributed by atoms with E-state index in [0.717, 1.165) is 83.5 Å². The maximum absolute atomic E-state index is 12.4. The number of fused-ring (bicyclic) bond motifs is 1. The summed E-state index contributed by atoms with van der Waals surface area (Å²) in [5.74, 6) is -0.935. The highest BCUT2D eigenvalue weighted by molar-refractivity contribution is 7.46. The van der Waals surface area contributed by atoms with E-state index >= 15 is 0 Å². The van der Waals surface area contributed by atoms with Crippen LogP contribution in [-0.4, -0.2) is 69.7 Å². The highest BCUT2D eigenvalue weighted by Gasteiger charge is 2.58. The zero-order chi connectivity index (χ0) is 44.3. The van der Waals surface area contributed by atoms with Crippen molar-refractivity contribution in [3.63, 3.8) is 0 Å². The van der Waals surface area contributed by atoms with Crippen molar-refractivity contribution in [3.05, 3.63) is 48.6 Å². The van der Waals surface area contributed by atoms with E-state index < -0.39 is 59.1 Å². The molecule has 3 unspecified atom stereocenters. The molecule has 2 heterocycles. The SMILES string of the molecule is CCCC/C=C\C/C=C\CCCCCCCCC1(CCCCCCCC/C=C\C/C=C\CCCCC)O[C@H]2[C@H](O1)[C@@H](COP(=O)([O-])OCCN)O[C@H]2COP(=O)([O-])OCCN. The molecule has 0 amide bonds. The molecule has 61 heavy (non-hydrogen) atoms. The Balaban J connectivity index is 1.96. The van der Waals surface area contributed by atoms with Crippen LogP contribution in [0, 0.1) is 0 Å². The molecule has 4 N–H and O–H groups in total. The van der Waals surface area contributed by atoms with Gasteiger partial charge in [0, 0.05) is 25.9 Å². The molecular weight excluding hydrogens is 818 g/mol. The van der Waals surface area contributed by atoms with Crippen molar-refractivity contribution in [2.24, 2.45) is 11.5 Å². The number of rotatable bonds is 41. The minimum atomic E-state index is -4.67. The lowest BCUT2D eigenvalue weighted by molar-refractivity contribution is -0.239. The molecule has 15 heteroatoms. The van der Waals surface area contributed by atoms with Gasteiger partial charge in [-0.05, 0) is 70.6 Å². The third kappa shape index (κ3) is 27.2. The second-order valence-corrected chi connectivity index (χ2v) is 19.2. The van der Waals surface area contributed by atoms with Crippen LogP contribution in [0.25, 0.3) is 0 Å². The molecule has 0 aromatic heterocycles. The molecule has 2 aliphatic rings. The smallest absolute Gasteiger partial charge is 0.268 e. The largest absolute Gasteiger partial charge is 0.756 e. The van der Waals surface area contributed by atoms with E-state index in [2.05, 4.69) is 62.5 Å². The van der Waals surface area contributed by atoms with E-state index in [4.69, 9.17) is 43.8 Å². The van der Waals surface area contributed by atoms with E-state index in [1.165, 1.54) is 64.2 Å². The van der Waals surface area contributed by atoms with Gasteiger partial charge in [0.2, 0.25) is 0 Å². The second kappa shape index (κ2) is 35.3. The average Bonchev–Trinajstić information content (AvgIpc) is 3.77. The number of ether oxygens (including phenoxy) is 3. The van der Waals surface area contributed by atoms with Gasteiger partial charge in [0.15, 0.2) is 5.79 Å².